The van der Waals surface area contributed by atoms with E-state index in [1.54, 1.807) is 0 Å². The van der Waals surface area contributed by atoms with E-state index in [4.69, 9.17) is 0 Å². The first kappa shape index (κ1) is 11.2. The van der Waals surface area contributed by atoms with Crippen molar-refractivity contribution >= 4 is 0 Å². The Labute approximate surface area is 87.6 Å². The standard InChI is InChI=1S/C10H17F3N2/c1-7-2-5-14-8(7)6-15-9(3-4-9)10(11,12)13/h7-8,14-15H,2-6H2,1H3. The summed E-state index contributed by atoms with van der Waals surface area (Å²) in [7, 11) is 0. The van der Waals surface area contributed by atoms with Crippen LogP contribution >= 0.6 is 0 Å². The van der Waals surface area contributed by atoms with Crippen LogP contribution in [0.1, 0.15) is 26.2 Å². The molecule has 1 heterocycles. The average molecular weight is 222 g/mol. The van der Waals surface area contributed by atoms with E-state index in [0.29, 0.717) is 12.5 Å². The summed E-state index contributed by atoms with van der Waals surface area (Å²) < 4.78 is 37.8. The fourth-order valence-corrected chi connectivity index (χ4v) is 2.16. The zero-order chi connectivity index (χ0) is 11.1. The largest absolute Gasteiger partial charge is 0.406 e. The molecule has 5 heteroatoms. The van der Waals surface area contributed by atoms with Crippen molar-refractivity contribution < 1.29 is 13.2 Å². The van der Waals surface area contributed by atoms with Gasteiger partial charge in [-0.3, -0.25) is 0 Å². The molecule has 2 fully saturated rings. The van der Waals surface area contributed by atoms with E-state index in [-0.39, 0.29) is 18.9 Å². The summed E-state index contributed by atoms with van der Waals surface area (Å²) in [5.74, 6) is 0.474. The summed E-state index contributed by atoms with van der Waals surface area (Å²) in [5, 5.41) is 5.92. The second kappa shape index (κ2) is 3.63. The molecule has 1 saturated heterocycles. The van der Waals surface area contributed by atoms with Crippen LogP contribution in [0.3, 0.4) is 0 Å². The van der Waals surface area contributed by atoms with Gasteiger partial charge in [-0.25, -0.2) is 0 Å². The van der Waals surface area contributed by atoms with Crippen LogP contribution in [0.4, 0.5) is 13.2 Å². The number of halogens is 3. The number of rotatable bonds is 3. The molecular weight excluding hydrogens is 205 g/mol. The van der Waals surface area contributed by atoms with E-state index in [0.717, 1.165) is 13.0 Å². The van der Waals surface area contributed by atoms with Crippen LogP contribution in [0.25, 0.3) is 0 Å². The molecular formula is C10H17F3N2. The Hall–Kier alpha value is -0.290. The molecule has 2 nitrogen and oxygen atoms in total. The van der Waals surface area contributed by atoms with Gasteiger partial charge in [0.15, 0.2) is 0 Å². The molecule has 1 aliphatic carbocycles. The summed E-state index contributed by atoms with van der Waals surface area (Å²) >= 11 is 0. The minimum Gasteiger partial charge on any atom is -0.312 e. The molecule has 2 rings (SSSR count). The first-order valence-electron chi connectivity index (χ1n) is 5.50. The summed E-state index contributed by atoms with van der Waals surface area (Å²) in [6.07, 6.45) is -2.56. The van der Waals surface area contributed by atoms with E-state index < -0.39 is 11.7 Å². The molecule has 15 heavy (non-hydrogen) atoms. The van der Waals surface area contributed by atoms with Gasteiger partial charge in [0.2, 0.25) is 0 Å². The Kier molecular flexibility index (Phi) is 2.71. The highest BCUT2D eigenvalue weighted by atomic mass is 19.4. The van der Waals surface area contributed by atoms with Crippen LogP contribution in [0.15, 0.2) is 0 Å². The number of alkyl halides is 3. The molecule has 2 atom stereocenters. The normalized spacial score (nSPS) is 34.4. The van der Waals surface area contributed by atoms with Crippen molar-refractivity contribution in [2.24, 2.45) is 5.92 Å². The Morgan fingerprint density at radius 3 is 2.47 bits per heavy atom. The van der Waals surface area contributed by atoms with Gasteiger partial charge in [-0.05, 0) is 31.7 Å². The molecule has 2 aliphatic rings. The lowest BCUT2D eigenvalue weighted by atomic mass is 10.0. The summed E-state index contributed by atoms with van der Waals surface area (Å²) in [6, 6.07) is 0.199. The van der Waals surface area contributed by atoms with Crippen molar-refractivity contribution in [1.29, 1.82) is 0 Å². The van der Waals surface area contributed by atoms with E-state index in [9.17, 15) is 13.2 Å². The molecule has 0 bridgehead atoms. The lowest BCUT2D eigenvalue weighted by molar-refractivity contribution is -0.166. The van der Waals surface area contributed by atoms with Gasteiger partial charge in [-0.2, -0.15) is 13.2 Å². The molecule has 88 valence electrons. The molecule has 0 aromatic heterocycles. The smallest absolute Gasteiger partial charge is 0.312 e. The van der Waals surface area contributed by atoms with Gasteiger partial charge >= 0.3 is 6.18 Å². The quantitative estimate of drug-likeness (QED) is 0.759. The Balaban J connectivity index is 1.83. The fraction of sp³-hybridized carbons (Fsp3) is 1.00. The number of hydrogen-bond acceptors (Lipinski definition) is 2. The van der Waals surface area contributed by atoms with Gasteiger partial charge in [0.05, 0.1) is 0 Å². The molecule has 0 radical (unpaired) electrons. The van der Waals surface area contributed by atoms with Crippen LogP contribution in [-0.4, -0.2) is 30.8 Å². The topological polar surface area (TPSA) is 24.1 Å². The van der Waals surface area contributed by atoms with Gasteiger partial charge < -0.3 is 10.6 Å². The first-order valence-corrected chi connectivity index (χ1v) is 5.50. The van der Waals surface area contributed by atoms with E-state index >= 15 is 0 Å². The van der Waals surface area contributed by atoms with Crippen LogP contribution in [0.2, 0.25) is 0 Å². The predicted octanol–water partition coefficient (Wildman–Crippen LogP) is 1.67. The van der Waals surface area contributed by atoms with E-state index in [2.05, 4.69) is 17.6 Å². The highest BCUT2D eigenvalue weighted by molar-refractivity contribution is 5.08. The Morgan fingerprint density at radius 2 is 2.07 bits per heavy atom. The number of nitrogens with one attached hydrogen (secondary N) is 2. The minimum absolute atomic E-state index is 0.199. The predicted molar refractivity (Wildman–Crippen MR) is 51.6 cm³/mol. The monoisotopic (exact) mass is 222 g/mol. The van der Waals surface area contributed by atoms with Gasteiger partial charge in [0.25, 0.3) is 0 Å². The average Bonchev–Trinajstić information content (AvgIpc) is 2.82. The van der Waals surface area contributed by atoms with Crippen molar-refractivity contribution in [3.63, 3.8) is 0 Å². The minimum atomic E-state index is -4.09. The second-order valence-corrected chi connectivity index (χ2v) is 4.79. The third kappa shape index (κ3) is 2.13. The molecule has 2 unspecified atom stereocenters. The van der Waals surface area contributed by atoms with Gasteiger partial charge in [-0.1, -0.05) is 6.92 Å². The highest BCUT2D eigenvalue weighted by Crippen LogP contribution is 2.48. The van der Waals surface area contributed by atoms with E-state index in [1.807, 2.05) is 0 Å². The third-order valence-electron chi connectivity index (χ3n) is 3.65. The SMILES string of the molecule is CC1CCNC1CNC1(C(F)(F)F)CC1. The fourth-order valence-electron chi connectivity index (χ4n) is 2.16. The molecule has 1 saturated carbocycles. The van der Waals surface area contributed by atoms with E-state index in [1.165, 1.54) is 0 Å². The van der Waals surface area contributed by atoms with Gasteiger partial charge in [0, 0.05) is 12.6 Å². The van der Waals surface area contributed by atoms with Crippen molar-refractivity contribution in [2.75, 3.05) is 13.1 Å². The maximum Gasteiger partial charge on any atom is 0.406 e. The van der Waals surface area contributed by atoms with Crippen LogP contribution in [0, 0.1) is 5.92 Å². The second-order valence-electron chi connectivity index (χ2n) is 4.79. The first-order chi connectivity index (χ1) is 6.95. The highest BCUT2D eigenvalue weighted by Gasteiger charge is 2.63. The summed E-state index contributed by atoms with van der Waals surface area (Å²) in [5.41, 5.74) is -1.56. The molecule has 0 aromatic rings. The molecule has 0 aromatic carbocycles. The third-order valence-corrected chi connectivity index (χ3v) is 3.65. The molecule has 2 N–H and O–H groups in total. The molecule has 1 aliphatic heterocycles. The molecule has 0 spiro atoms. The zero-order valence-electron chi connectivity index (χ0n) is 8.82. The van der Waals surface area contributed by atoms with Crippen LogP contribution in [0.5, 0.6) is 0 Å². The maximum absolute atomic E-state index is 12.6. The number of hydrogen-bond donors (Lipinski definition) is 2. The van der Waals surface area contributed by atoms with Gasteiger partial charge in [-0.15, -0.1) is 0 Å². The van der Waals surface area contributed by atoms with Crippen LogP contribution in [-0.2, 0) is 0 Å². The van der Waals surface area contributed by atoms with Crippen molar-refractivity contribution in [1.82, 2.24) is 10.6 Å². The van der Waals surface area contributed by atoms with Crippen LogP contribution < -0.4 is 10.6 Å². The summed E-state index contributed by atoms with van der Waals surface area (Å²) in [6.45, 7) is 3.44. The van der Waals surface area contributed by atoms with Gasteiger partial charge in [0.1, 0.15) is 5.54 Å². The van der Waals surface area contributed by atoms with Crippen molar-refractivity contribution in [3.8, 4) is 0 Å². The maximum atomic E-state index is 12.6. The Morgan fingerprint density at radius 1 is 1.40 bits per heavy atom. The van der Waals surface area contributed by atoms with Crippen molar-refractivity contribution in [2.45, 2.75) is 43.9 Å². The molecule has 0 amide bonds. The Bertz CT molecular complexity index is 235. The summed E-state index contributed by atoms with van der Waals surface area (Å²) in [4.78, 5) is 0. The lowest BCUT2D eigenvalue weighted by Crippen LogP contribution is -2.50. The van der Waals surface area contributed by atoms with Crippen molar-refractivity contribution in [3.05, 3.63) is 0 Å². The zero-order valence-corrected chi connectivity index (χ0v) is 8.82. The lowest BCUT2D eigenvalue weighted by Gasteiger charge is -2.24.